The minimum absolute atomic E-state index is 0.0661. The lowest BCUT2D eigenvalue weighted by molar-refractivity contribution is -0.140. The van der Waals surface area contributed by atoms with Crippen molar-refractivity contribution in [2.45, 2.75) is 12.1 Å². The van der Waals surface area contributed by atoms with Gasteiger partial charge in [-0.05, 0) is 12.1 Å². The standard InChI is InChI=1S/C7H6ClF3N2/c8-3-4-1-2-5(12)6(13-4)7(9,10)11/h1-2H,3,12H2. The molecule has 1 aromatic heterocycles. The number of pyridine rings is 1. The predicted molar refractivity (Wildman–Crippen MR) is 43.2 cm³/mol. The molecule has 0 spiro atoms. The zero-order chi connectivity index (χ0) is 10.1. The van der Waals surface area contributed by atoms with E-state index in [0.717, 1.165) is 6.07 Å². The highest BCUT2D eigenvalue weighted by Crippen LogP contribution is 2.31. The van der Waals surface area contributed by atoms with Crippen LogP contribution in [0.2, 0.25) is 0 Å². The molecule has 2 nitrogen and oxygen atoms in total. The first-order chi connectivity index (χ1) is 5.95. The molecule has 0 bridgehead atoms. The SMILES string of the molecule is Nc1ccc(CCl)nc1C(F)(F)F. The molecule has 0 amide bonds. The van der Waals surface area contributed by atoms with Gasteiger partial charge in [-0.3, -0.25) is 0 Å². The van der Waals surface area contributed by atoms with E-state index in [1.807, 2.05) is 0 Å². The highest BCUT2D eigenvalue weighted by molar-refractivity contribution is 6.16. The summed E-state index contributed by atoms with van der Waals surface area (Å²) in [5.41, 5.74) is 3.79. The van der Waals surface area contributed by atoms with E-state index in [2.05, 4.69) is 4.98 Å². The molecule has 0 atom stereocenters. The predicted octanol–water partition coefficient (Wildman–Crippen LogP) is 2.42. The first-order valence-corrected chi connectivity index (χ1v) is 3.87. The fourth-order valence-electron chi connectivity index (χ4n) is 0.812. The van der Waals surface area contributed by atoms with Crippen LogP contribution in [0.5, 0.6) is 0 Å². The van der Waals surface area contributed by atoms with E-state index < -0.39 is 11.9 Å². The van der Waals surface area contributed by atoms with Crippen molar-refractivity contribution in [3.63, 3.8) is 0 Å². The van der Waals surface area contributed by atoms with Crippen molar-refractivity contribution >= 4 is 17.3 Å². The second-order valence-corrected chi connectivity index (χ2v) is 2.64. The maximum absolute atomic E-state index is 12.2. The number of halogens is 4. The third-order valence-electron chi connectivity index (χ3n) is 1.39. The van der Waals surface area contributed by atoms with Crippen molar-refractivity contribution in [2.24, 2.45) is 0 Å². The molecule has 0 saturated carbocycles. The Morgan fingerprint density at radius 3 is 2.46 bits per heavy atom. The molecule has 72 valence electrons. The minimum atomic E-state index is -4.52. The summed E-state index contributed by atoms with van der Waals surface area (Å²) in [5.74, 6) is -0.0661. The van der Waals surface area contributed by atoms with Gasteiger partial charge in [0.2, 0.25) is 0 Å². The van der Waals surface area contributed by atoms with Gasteiger partial charge in [-0.1, -0.05) is 0 Å². The Balaban J connectivity index is 3.19. The number of nitrogens with two attached hydrogens (primary N) is 1. The summed E-state index contributed by atoms with van der Waals surface area (Å²) in [4.78, 5) is 3.28. The molecule has 0 unspecified atom stereocenters. The van der Waals surface area contributed by atoms with Crippen LogP contribution in [0.25, 0.3) is 0 Å². The number of aromatic nitrogens is 1. The highest BCUT2D eigenvalue weighted by Gasteiger charge is 2.35. The number of nitrogens with zero attached hydrogens (tertiary/aromatic N) is 1. The van der Waals surface area contributed by atoms with Gasteiger partial charge in [-0.2, -0.15) is 13.2 Å². The first kappa shape index (κ1) is 10.1. The lowest BCUT2D eigenvalue weighted by atomic mass is 10.2. The Morgan fingerprint density at radius 2 is 2.00 bits per heavy atom. The molecule has 0 radical (unpaired) electrons. The zero-order valence-corrected chi connectivity index (χ0v) is 7.15. The summed E-state index contributed by atoms with van der Waals surface area (Å²) >= 11 is 5.33. The number of hydrogen-bond acceptors (Lipinski definition) is 2. The summed E-state index contributed by atoms with van der Waals surface area (Å²) in [5, 5.41) is 0. The van der Waals surface area contributed by atoms with Crippen LogP contribution in [-0.2, 0) is 12.1 Å². The van der Waals surface area contributed by atoms with Crippen LogP contribution in [0.3, 0.4) is 0 Å². The molecule has 0 aromatic carbocycles. The van der Waals surface area contributed by atoms with Crippen LogP contribution in [0.4, 0.5) is 18.9 Å². The normalized spacial score (nSPS) is 11.7. The Labute approximate surface area is 77.5 Å². The van der Waals surface area contributed by atoms with Crippen LogP contribution >= 0.6 is 11.6 Å². The van der Waals surface area contributed by atoms with E-state index in [1.54, 1.807) is 0 Å². The van der Waals surface area contributed by atoms with E-state index >= 15 is 0 Å². The van der Waals surface area contributed by atoms with Gasteiger partial charge >= 0.3 is 6.18 Å². The van der Waals surface area contributed by atoms with Crippen molar-refractivity contribution in [3.05, 3.63) is 23.5 Å². The molecule has 0 aliphatic rings. The minimum Gasteiger partial charge on any atom is -0.397 e. The van der Waals surface area contributed by atoms with Crippen molar-refractivity contribution in [3.8, 4) is 0 Å². The summed E-state index contributed by atoms with van der Waals surface area (Å²) in [6.07, 6.45) is -4.52. The fourth-order valence-corrected chi connectivity index (χ4v) is 0.961. The van der Waals surface area contributed by atoms with E-state index in [1.165, 1.54) is 6.07 Å². The Kier molecular flexibility index (Phi) is 2.66. The monoisotopic (exact) mass is 210 g/mol. The van der Waals surface area contributed by atoms with Crippen LogP contribution in [-0.4, -0.2) is 4.98 Å². The number of nitrogen functional groups attached to an aromatic ring is 1. The van der Waals surface area contributed by atoms with Crippen LogP contribution in [0, 0.1) is 0 Å². The first-order valence-electron chi connectivity index (χ1n) is 3.33. The van der Waals surface area contributed by atoms with Gasteiger partial charge in [0.15, 0.2) is 5.69 Å². The molecule has 1 heterocycles. The summed E-state index contributed by atoms with van der Waals surface area (Å²) < 4.78 is 36.5. The third kappa shape index (κ3) is 2.24. The third-order valence-corrected chi connectivity index (χ3v) is 1.66. The molecular weight excluding hydrogens is 205 g/mol. The average Bonchev–Trinajstić information content (AvgIpc) is 2.03. The van der Waals surface area contributed by atoms with Crippen molar-refractivity contribution in [1.29, 1.82) is 0 Å². The molecule has 6 heteroatoms. The number of rotatable bonds is 1. The van der Waals surface area contributed by atoms with Crippen molar-refractivity contribution in [1.82, 2.24) is 4.98 Å². The second-order valence-electron chi connectivity index (χ2n) is 2.37. The van der Waals surface area contributed by atoms with E-state index in [-0.39, 0.29) is 17.3 Å². The van der Waals surface area contributed by atoms with Gasteiger partial charge in [-0.15, -0.1) is 11.6 Å². The topological polar surface area (TPSA) is 38.9 Å². The highest BCUT2D eigenvalue weighted by atomic mass is 35.5. The van der Waals surface area contributed by atoms with Gasteiger partial charge in [0.05, 0.1) is 17.3 Å². The largest absolute Gasteiger partial charge is 0.435 e. The van der Waals surface area contributed by atoms with Gasteiger partial charge in [-0.25, -0.2) is 4.98 Å². The van der Waals surface area contributed by atoms with Gasteiger partial charge in [0, 0.05) is 0 Å². The van der Waals surface area contributed by atoms with Crippen LogP contribution in [0.1, 0.15) is 11.4 Å². The molecule has 0 aliphatic carbocycles. The maximum Gasteiger partial charge on any atom is 0.435 e. The maximum atomic E-state index is 12.2. The summed E-state index contributed by atoms with van der Waals surface area (Å²) in [6, 6.07) is 2.51. The lowest BCUT2D eigenvalue weighted by Gasteiger charge is -2.09. The lowest BCUT2D eigenvalue weighted by Crippen LogP contribution is -2.12. The van der Waals surface area contributed by atoms with E-state index in [0.29, 0.717) is 0 Å². The molecule has 0 aliphatic heterocycles. The number of anilines is 1. The molecule has 1 rings (SSSR count). The molecule has 0 saturated heterocycles. The summed E-state index contributed by atoms with van der Waals surface area (Å²) in [7, 11) is 0. The van der Waals surface area contributed by atoms with E-state index in [9.17, 15) is 13.2 Å². The van der Waals surface area contributed by atoms with Crippen molar-refractivity contribution < 1.29 is 13.2 Å². The second kappa shape index (κ2) is 3.41. The van der Waals surface area contributed by atoms with Gasteiger partial charge in [0.1, 0.15) is 0 Å². The van der Waals surface area contributed by atoms with Gasteiger partial charge < -0.3 is 5.73 Å². The number of hydrogen-bond donors (Lipinski definition) is 1. The summed E-state index contributed by atoms with van der Waals surface area (Å²) in [6.45, 7) is 0. The molecule has 0 fully saturated rings. The molecule has 2 N–H and O–H groups in total. The Morgan fingerprint density at radius 1 is 1.38 bits per heavy atom. The quantitative estimate of drug-likeness (QED) is 0.723. The Bertz CT molecular complexity index is 311. The average molecular weight is 211 g/mol. The van der Waals surface area contributed by atoms with Crippen molar-refractivity contribution in [2.75, 3.05) is 5.73 Å². The smallest absolute Gasteiger partial charge is 0.397 e. The number of alkyl halides is 4. The molecule has 13 heavy (non-hydrogen) atoms. The Hall–Kier alpha value is -0.970. The molecular formula is C7H6ClF3N2. The van der Waals surface area contributed by atoms with Gasteiger partial charge in [0.25, 0.3) is 0 Å². The molecule has 1 aromatic rings. The van der Waals surface area contributed by atoms with Crippen LogP contribution in [0.15, 0.2) is 12.1 Å². The van der Waals surface area contributed by atoms with Crippen LogP contribution < -0.4 is 5.73 Å². The zero-order valence-electron chi connectivity index (χ0n) is 6.40. The fraction of sp³-hybridized carbons (Fsp3) is 0.286. The van der Waals surface area contributed by atoms with E-state index in [4.69, 9.17) is 17.3 Å².